The lowest BCUT2D eigenvalue weighted by Crippen LogP contribution is -2.27. The monoisotopic (exact) mass is 295 g/mol. The predicted octanol–water partition coefficient (Wildman–Crippen LogP) is 3.27. The van der Waals surface area contributed by atoms with E-state index in [1.54, 1.807) is 18.5 Å². The summed E-state index contributed by atoms with van der Waals surface area (Å²) in [6, 6.07) is 6.57. The number of halogens is 2. The zero-order valence-electron chi connectivity index (χ0n) is 10.1. The molecular weight excluding hydrogens is 285 g/mol. The first kappa shape index (κ1) is 13.8. The lowest BCUT2D eigenvalue weighted by molar-refractivity contribution is 0.0935. The zero-order valence-corrected chi connectivity index (χ0v) is 11.6. The van der Waals surface area contributed by atoms with Gasteiger partial charge >= 0.3 is 0 Å². The van der Waals surface area contributed by atoms with E-state index in [-0.39, 0.29) is 27.8 Å². The highest BCUT2D eigenvalue weighted by Gasteiger charge is 2.16. The second-order valence-electron chi connectivity index (χ2n) is 3.95. The van der Waals surface area contributed by atoms with Gasteiger partial charge in [-0.2, -0.15) is 0 Å². The summed E-state index contributed by atoms with van der Waals surface area (Å²) >= 11 is 11.7. The van der Waals surface area contributed by atoms with E-state index < -0.39 is 0 Å². The van der Waals surface area contributed by atoms with Gasteiger partial charge in [0.05, 0.1) is 11.1 Å². The molecule has 2 heterocycles. The molecule has 2 aromatic heterocycles. The van der Waals surface area contributed by atoms with Crippen LogP contribution in [0, 0.1) is 0 Å². The average Bonchev–Trinajstić information content (AvgIpc) is 2.42. The summed E-state index contributed by atoms with van der Waals surface area (Å²) in [6.45, 7) is 1.85. The highest BCUT2D eigenvalue weighted by atomic mass is 35.5. The standard InChI is InChI=1S/C13H11Cl2N3O/c1-8(9-3-2-6-16-7-9)17-13(19)12-10(14)4-5-11(15)18-12/h2-8H,1H3,(H,17,19). The molecule has 0 saturated heterocycles. The summed E-state index contributed by atoms with van der Waals surface area (Å²) in [5, 5.41) is 3.29. The van der Waals surface area contributed by atoms with E-state index in [1.165, 1.54) is 6.07 Å². The second kappa shape index (κ2) is 5.99. The van der Waals surface area contributed by atoms with Crippen molar-refractivity contribution in [2.45, 2.75) is 13.0 Å². The molecule has 0 fully saturated rings. The maximum Gasteiger partial charge on any atom is 0.271 e. The molecule has 0 saturated carbocycles. The number of amides is 1. The van der Waals surface area contributed by atoms with Crippen LogP contribution in [0.2, 0.25) is 10.2 Å². The van der Waals surface area contributed by atoms with Crippen molar-refractivity contribution in [1.82, 2.24) is 15.3 Å². The third kappa shape index (κ3) is 3.43. The van der Waals surface area contributed by atoms with E-state index in [1.807, 2.05) is 19.1 Å². The molecule has 0 aromatic carbocycles. The number of pyridine rings is 2. The molecule has 19 heavy (non-hydrogen) atoms. The maximum absolute atomic E-state index is 12.1. The lowest BCUT2D eigenvalue weighted by Gasteiger charge is -2.14. The maximum atomic E-state index is 12.1. The van der Waals surface area contributed by atoms with Gasteiger partial charge in [0.15, 0.2) is 0 Å². The van der Waals surface area contributed by atoms with Crippen LogP contribution in [0.4, 0.5) is 0 Å². The lowest BCUT2D eigenvalue weighted by atomic mass is 10.1. The fraction of sp³-hybridized carbons (Fsp3) is 0.154. The Bertz CT molecular complexity index is 590. The van der Waals surface area contributed by atoms with Crippen molar-refractivity contribution in [2.75, 3.05) is 0 Å². The first-order valence-corrected chi connectivity index (χ1v) is 6.36. The first-order valence-electron chi connectivity index (χ1n) is 5.61. The van der Waals surface area contributed by atoms with Crippen LogP contribution in [-0.4, -0.2) is 15.9 Å². The number of nitrogens with zero attached hydrogens (tertiary/aromatic N) is 2. The van der Waals surface area contributed by atoms with Crippen molar-refractivity contribution in [2.24, 2.45) is 0 Å². The van der Waals surface area contributed by atoms with Gasteiger partial charge < -0.3 is 5.32 Å². The van der Waals surface area contributed by atoms with E-state index in [4.69, 9.17) is 23.2 Å². The van der Waals surface area contributed by atoms with E-state index in [0.717, 1.165) is 5.56 Å². The van der Waals surface area contributed by atoms with Gasteiger partial charge in [0.25, 0.3) is 5.91 Å². The Kier molecular flexibility index (Phi) is 4.35. The van der Waals surface area contributed by atoms with Gasteiger partial charge in [-0.1, -0.05) is 29.3 Å². The van der Waals surface area contributed by atoms with E-state index in [2.05, 4.69) is 15.3 Å². The largest absolute Gasteiger partial charge is 0.344 e. The summed E-state index contributed by atoms with van der Waals surface area (Å²) in [4.78, 5) is 20.0. The first-order chi connectivity index (χ1) is 9.08. The minimum Gasteiger partial charge on any atom is -0.344 e. The van der Waals surface area contributed by atoms with E-state index >= 15 is 0 Å². The van der Waals surface area contributed by atoms with Crippen LogP contribution in [0.5, 0.6) is 0 Å². The molecule has 4 nitrogen and oxygen atoms in total. The number of carbonyl (C=O) groups is 1. The molecule has 2 rings (SSSR count). The fourth-order valence-electron chi connectivity index (χ4n) is 1.56. The molecule has 1 N–H and O–H groups in total. The number of carbonyl (C=O) groups excluding carboxylic acids is 1. The van der Waals surface area contributed by atoms with Crippen molar-refractivity contribution < 1.29 is 4.79 Å². The quantitative estimate of drug-likeness (QED) is 0.884. The molecule has 2 aromatic rings. The van der Waals surface area contributed by atoms with Gasteiger partial charge in [-0.25, -0.2) is 4.98 Å². The molecule has 1 amide bonds. The van der Waals surface area contributed by atoms with Crippen LogP contribution in [-0.2, 0) is 0 Å². The van der Waals surface area contributed by atoms with Gasteiger partial charge in [-0.05, 0) is 30.7 Å². The molecule has 1 unspecified atom stereocenters. The SMILES string of the molecule is CC(NC(=O)c1nc(Cl)ccc1Cl)c1cccnc1. The van der Waals surface area contributed by atoms with Crippen LogP contribution in [0.1, 0.15) is 29.0 Å². The highest BCUT2D eigenvalue weighted by molar-refractivity contribution is 6.34. The van der Waals surface area contributed by atoms with Crippen LogP contribution in [0.3, 0.4) is 0 Å². The zero-order chi connectivity index (χ0) is 13.8. The Balaban J connectivity index is 2.15. The van der Waals surface area contributed by atoms with Gasteiger partial charge in [-0.15, -0.1) is 0 Å². The number of aromatic nitrogens is 2. The third-order valence-corrected chi connectivity index (χ3v) is 3.07. The molecule has 1 atom stereocenters. The van der Waals surface area contributed by atoms with Crippen molar-refractivity contribution in [3.05, 3.63) is 58.1 Å². The second-order valence-corrected chi connectivity index (χ2v) is 4.74. The van der Waals surface area contributed by atoms with Crippen LogP contribution >= 0.6 is 23.2 Å². The van der Waals surface area contributed by atoms with Gasteiger partial charge in [-0.3, -0.25) is 9.78 Å². The molecular formula is C13H11Cl2N3O. The van der Waals surface area contributed by atoms with Crippen LogP contribution in [0.15, 0.2) is 36.7 Å². The summed E-state index contributed by atoms with van der Waals surface area (Å²) in [7, 11) is 0. The highest BCUT2D eigenvalue weighted by Crippen LogP contribution is 2.18. The Morgan fingerprint density at radius 3 is 2.79 bits per heavy atom. The summed E-state index contributed by atoms with van der Waals surface area (Å²) < 4.78 is 0. The van der Waals surface area contributed by atoms with E-state index in [0.29, 0.717) is 0 Å². The number of hydrogen-bond donors (Lipinski definition) is 1. The minimum absolute atomic E-state index is 0.116. The summed E-state index contributed by atoms with van der Waals surface area (Å²) in [6.07, 6.45) is 3.37. The average molecular weight is 296 g/mol. The molecule has 0 spiro atoms. The van der Waals surface area contributed by atoms with Crippen molar-refractivity contribution >= 4 is 29.1 Å². The number of nitrogens with one attached hydrogen (secondary N) is 1. The normalized spacial score (nSPS) is 11.9. The molecule has 0 aliphatic rings. The van der Waals surface area contributed by atoms with Gasteiger partial charge in [0.2, 0.25) is 0 Å². The molecule has 98 valence electrons. The van der Waals surface area contributed by atoms with Crippen LogP contribution < -0.4 is 5.32 Å². The van der Waals surface area contributed by atoms with Crippen molar-refractivity contribution in [3.63, 3.8) is 0 Å². The molecule has 0 aliphatic heterocycles. The fourth-order valence-corrected chi connectivity index (χ4v) is 1.90. The smallest absolute Gasteiger partial charge is 0.271 e. The molecule has 0 radical (unpaired) electrons. The molecule has 0 aliphatic carbocycles. The topological polar surface area (TPSA) is 54.9 Å². The Labute approximate surface area is 120 Å². The summed E-state index contributed by atoms with van der Waals surface area (Å²) in [5.41, 5.74) is 1.01. The van der Waals surface area contributed by atoms with Crippen molar-refractivity contribution in [3.8, 4) is 0 Å². The molecule has 6 heteroatoms. The van der Waals surface area contributed by atoms with E-state index in [9.17, 15) is 4.79 Å². The number of rotatable bonds is 3. The third-order valence-electron chi connectivity index (χ3n) is 2.56. The van der Waals surface area contributed by atoms with Crippen LogP contribution in [0.25, 0.3) is 0 Å². The van der Waals surface area contributed by atoms with Crippen molar-refractivity contribution in [1.29, 1.82) is 0 Å². The number of hydrogen-bond acceptors (Lipinski definition) is 3. The van der Waals surface area contributed by atoms with Gasteiger partial charge in [0.1, 0.15) is 10.8 Å². The predicted molar refractivity (Wildman–Crippen MR) is 74.4 cm³/mol. The Morgan fingerprint density at radius 2 is 2.11 bits per heavy atom. The Morgan fingerprint density at radius 1 is 1.32 bits per heavy atom. The molecule has 0 bridgehead atoms. The Hall–Kier alpha value is -1.65. The van der Waals surface area contributed by atoms with Gasteiger partial charge in [0, 0.05) is 12.4 Å². The minimum atomic E-state index is -0.371. The summed E-state index contributed by atoms with van der Waals surface area (Å²) in [5.74, 6) is -0.371.